The van der Waals surface area contributed by atoms with E-state index < -0.39 is 0 Å². The molecule has 0 N–H and O–H groups in total. The summed E-state index contributed by atoms with van der Waals surface area (Å²) in [5, 5.41) is 7.70. The quantitative estimate of drug-likeness (QED) is 0.724. The second-order valence-corrected chi connectivity index (χ2v) is 5.45. The highest BCUT2D eigenvalue weighted by atomic mass is 32.1. The maximum atomic E-state index is 12.7. The van der Waals surface area contributed by atoms with Crippen LogP contribution in [0.4, 0.5) is 0 Å². The smallest absolute Gasteiger partial charge is 0.259 e. The number of furan rings is 1. The zero-order valence-electron chi connectivity index (χ0n) is 11.5. The molecule has 3 aromatic heterocycles. The van der Waals surface area contributed by atoms with E-state index in [1.165, 1.54) is 6.20 Å². The van der Waals surface area contributed by atoms with Crippen LogP contribution in [0.15, 0.2) is 50.4 Å². The van der Waals surface area contributed by atoms with Gasteiger partial charge in [-0.05, 0) is 41.4 Å². The van der Waals surface area contributed by atoms with Gasteiger partial charge in [0.05, 0.1) is 19.0 Å². The minimum absolute atomic E-state index is 0.114. The lowest BCUT2D eigenvalue weighted by Gasteiger charge is -2.20. The molecule has 0 fully saturated rings. The SMILES string of the molecule is Cc1oncc1C(=O)N(Cc1ccsc1)Cc1ccco1. The standard InChI is InChI=1S/C15H14N2O3S/c1-11-14(7-16-20-11)15(18)17(8-12-4-6-21-10-12)9-13-3-2-5-19-13/h2-7,10H,8-9H2,1H3. The highest BCUT2D eigenvalue weighted by molar-refractivity contribution is 7.07. The van der Waals surface area contributed by atoms with Crippen molar-refractivity contribution in [2.75, 3.05) is 0 Å². The molecule has 0 saturated heterocycles. The van der Waals surface area contributed by atoms with Gasteiger partial charge in [0, 0.05) is 6.54 Å². The number of hydrogen-bond donors (Lipinski definition) is 0. The Morgan fingerprint density at radius 2 is 2.29 bits per heavy atom. The molecule has 3 aromatic rings. The summed E-state index contributed by atoms with van der Waals surface area (Å²) in [6, 6.07) is 5.68. The maximum absolute atomic E-state index is 12.7. The second kappa shape index (κ2) is 5.97. The third kappa shape index (κ3) is 3.05. The Balaban J connectivity index is 1.84. The van der Waals surface area contributed by atoms with Crippen LogP contribution < -0.4 is 0 Å². The van der Waals surface area contributed by atoms with Gasteiger partial charge in [-0.25, -0.2) is 0 Å². The topological polar surface area (TPSA) is 59.5 Å². The maximum Gasteiger partial charge on any atom is 0.259 e. The molecule has 3 rings (SSSR count). The molecule has 3 heterocycles. The van der Waals surface area contributed by atoms with Crippen molar-refractivity contribution in [2.45, 2.75) is 20.0 Å². The van der Waals surface area contributed by atoms with Gasteiger partial charge in [-0.15, -0.1) is 0 Å². The van der Waals surface area contributed by atoms with E-state index in [1.807, 2.05) is 29.0 Å². The molecular formula is C15H14N2O3S. The monoisotopic (exact) mass is 302 g/mol. The lowest BCUT2D eigenvalue weighted by atomic mass is 10.2. The van der Waals surface area contributed by atoms with E-state index in [0.717, 1.165) is 11.3 Å². The minimum Gasteiger partial charge on any atom is -0.467 e. The van der Waals surface area contributed by atoms with Crippen LogP contribution in [0.1, 0.15) is 27.4 Å². The van der Waals surface area contributed by atoms with Gasteiger partial charge in [0.2, 0.25) is 0 Å². The van der Waals surface area contributed by atoms with Crippen molar-refractivity contribution in [3.05, 3.63) is 64.1 Å². The molecule has 0 aliphatic heterocycles. The van der Waals surface area contributed by atoms with Gasteiger partial charge in [0.1, 0.15) is 17.1 Å². The van der Waals surface area contributed by atoms with Crippen LogP contribution in [-0.4, -0.2) is 16.0 Å². The summed E-state index contributed by atoms with van der Waals surface area (Å²) < 4.78 is 10.3. The Morgan fingerprint density at radius 1 is 1.38 bits per heavy atom. The molecule has 0 aliphatic rings. The molecule has 0 unspecified atom stereocenters. The molecule has 1 amide bonds. The highest BCUT2D eigenvalue weighted by Crippen LogP contribution is 2.17. The van der Waals surface area contributed by atoms with Crippen LogP contribution in [0, 0.1) is 6.92 Å². The van der Waals surface area contributed by atoms with Crippen molar-refractivity contribution < 1.29 is 13.7 Å². The van der Waals surface area contributed by atoms with Crippen molar-refractivity contribution in [3.8, 4) is 0 Å². The van der Waals surface area contributed by atoms with Crippen molar-refractivity contribution in [2.24, 2.45) is 0 Å². The summed E-state index contributed by atoms with van der Waals surface area (Å²) in [5.74, 6) is 1.15. The van der Waals surface area contributed by atoms with Crippen LogP contribution in [-0.2, 0) is 13.1 Å². The molecule has 0 atom stereocenters. The first-order chi connectivity index (χ1) is 10.2. The van der Waals surface area contributed by atoms with Crippen LogP contribution >= 0.6 is 11.3 Å². The Morgan fingerprint density at radius 3 is 2.90 bits per heavy atom. The number of thiophene rings is 1. The van der Waals surface area contributed by atoms with E-state index in [-0.39, 0.29) is 5.91 Å². The van der Waals surface area contributed by atoms with E-state index >= 15 is 0 Å². The van der Waals surface area contributed by atoms with Crippen LogP contribution in [0.25, 0.3) is 0 Å². The summed E-state index contributed by atoms with van der Waals surface area (Å²) in [5.41, 5.74) is 1.57. The largest absolute Gasteiger partial charge is 0.467 e. The van der Waals surface area contributed by atoms with Gasteiger partial charge < -0.3 is 13.8 Å². The molecule has 0 aliphatic carbocycles. The number of carbonyl (C=O) groups is 1. The third-order valence-electron chi connectivity index (χ3n) is 3.15. The predicted molar refractivity (Wildman–Crippen MR) is 77.8 cm³/mol. The van der Waals surface area contributed by atoms with Crippen molar-refractivity contribution >= 4 is 17.2 Å². The summed E-state index contributed by atoms with van der Waals surface area (Å²) in [6.07, 6.45) is 3.06. The molecule has 0 radical (unpaired) electrons. The van der Waals surface area contributed by atoms with Crippen LogP contribution in [0.2, 0.25) is 0 Å². The van der Waals surface area contributed by atoms with Gasteiger partial charge >= 0.3 is 0 Å². The Labute approximate surface area is 125 Å². The highest BCUT2D eigenvalue weighted by Gasteiger charge is 2.21. The van der Waals surface area contributed by atoms with Gasteiger partial charge in [0.25, 0.3) is 5.91 Å². The van der Waals surface area contributed by atoms with Gasteiger partial charge in [0.15, 0.2) is 0 Å². The van der Waals surface area contributed by atoms with E-state index in [1.54, 1.807) is 29.4 Å². The number of carbonyl (C=O) groups excluding carboxylic acids is 1. The Hall–Kier alpha value is -2.34. The van der Waals surface area contributed by atoms with E-state index in [9.17, 15) is 4.79 Å². The summed E-state index contributed by atoms with van der Waals surface area (Å²) in [4.78, 5) is 14.4. The van der Waals surface area contributed by atoms with E-state index in [4.69, 9.17) is 8.94 Å². The van der Waals surface area contributed by atoms with Crippen LogP contribution in [0.3, 0.4) is 0 Å². The number of aromatic nitrogens is 1. The molecule has 0 bridgehead atoms. The summed E-state index contributed by atoms with van der Waals surface area (Å²) >= 11 is 1.61. The first-order valence-corrected chi connectivity index (χ1v) is 7.42. The Kier molecular flexibility index (Phi) is 3.87. The van der Waals surface area contributed by atoms with Crippen molar-refractivity contribution in [1.29, 1.82) is 0 Å². The number of aryl methyl sites for hydroxylation is 1. The number of rotatable bonds is 5. The lowest BCUT2D eigenvalue weighted by Crippen LogP contribution is -2.30. The molecule has 21 heavy (non-hydrogen) atoms. The first kappa shape index (κ1) is 13.6. The van der Waals surface area contributed by atoms with Gasteiger partial charge in [-0.1, -0.05) is 5.16 Å². The zero-order chi connectivity index (χ0) is 14.7. The molecular weight excluding hydrogens is 288 g/mol. The molecule has 0 aromatic carbocycles. The fourth-order valence-corrected chi connectivity index (χ4v) is 2.73. The van der Waals surface area contributed by atoms with Gasteiger partial charge in [-0.3, -0.25) is 4.79 Å². The zero-order valence-corrected chi connectivity index (χ0v) is 12.3. The van der Waals surface area contributed by atoms with Gasteiger partial charge in [-0.2, -0.15) is 11.3 Å². The normalized spacial score (nSPS) is 10.7. The number of nitrogens with zero attached hydrogens (tertiary/aromatic N) is 2. The Bertz CT molecular complexity index is 665. The molecule has 108 valence electrons. The summed E-state index contributed by atoms with van der Waals surface area (Å²) in [7, 11) is 0. The average Bonchev–Trinajstić information content (AvgIpc) is 3.19. The van der Waals surface area contributed by atoms with Crippen molar-refractivity contribution in [3.63, 3.8) is 0 Å². The minimum atomic E-state index is -0.114. The number of hydrogen-bond acceptors (Lipinski definition) is 5. The van der Waals surface area contributed by atoms with Crippen molar-refractivity contribution in [1.82, 2.24) is 10.1 Å². The predicted octanol–water partition coefficient (Wildman–Crippen LogP) is 3.48. The molecule has 6 heteroatoms. The van der Waals surface area contributed by atoms with E-state index in [2.05, 4.69) is 5.16 Å². The molecule has 5 nitrogen and oxygen atoms in total. The average molecular weight is 302 g/mol. The fraction of sp³-hybridized carbons (Fsp3) is 0.200. The number of amides is 1. The fourth-order valence-electron chi connectivity index (χ4n) is 2.07. The first-order valence-electron chi connectivity index (χ1n) is 6.48. The van der Waals surface area contributed by atoms with E-state index in [0.29, 0.717) is 24.4 Å². The third-order valence-corrected chi connectivity index (χ3v) is 3.88. The lowest BCUT2D eigenvalue weighted by molar-refractivity contribution is 0.0716. The second-order valence-electron chi connectivity index (χ2n) is 4.67. The van der Waals surface area contributed by atoms with Crippen LogP contribution in [0.5, 0.6) is 0 Å². The summed E-state index contributed by atoms with van der Waals surface area (Å²) in [6.45, 7) is 2.66. The molecule has 0 saturated carbocycles. The molecule has 0 spiro atoms.